The minimum atomic E-state index is -1.55. The minimum absolute atomic E-state index is 0.134. The molecule has 1 saturated heterocycles. The molecular formula is C52H101NO8. The average Bonchev–Trinajstić information content (AvgIpc) is 3.26. The predicted molar refractivity (Wildman–Crippen MR) is 254 cm³/mol. The highest BCUT2D eigenvalue weighted by Crippen LogP contribution is 2.23. The molecule has 1 amide bonds. The lowest BCUT2D eigenvalue weighted by Crippen LogP contribution is -2.60. The van der Waals surface area contributed by atoms with Crippen molar-refractivity contribution in [3.63, 3.8) is 0 Å². The van der Waals surface area contributed by atoms with Crippen LogP contribution in [0.2, 0.25) is 0 Å². The fourth-order valence-corrected chi connectivity index (χ4v) is 8.63. The van der Waals surface area contributed by atoms with Gasteiger partial charge >= 0.3 is 0 Å². The van der Waals surface area contributed by atoms with Crippen LogP contribution in [-0.2, 0) is 14.3 Å². The van der Waals surface area contributed by atoms with Crippen LogP contribution in [0, 0.1) is 0 Å². The Labute approximate surface area is 376 Å². The zero-order valence-corrected chi connectivity index (χ0v) is 39.9. The molecule has 7 atom stereocenters. The molecule has 0 saturated carbocycles. The first-order valence-electron chi connectivity index (χ1n) is 26.4. The van der Waals surface area contributed by atoms with E-state index in [4.69, 9.17) is 9.47 Å². The maximum atomic E-state index is 13.0. The van der Waals surface area contributed by atoms with Crippen molar-refractivity contribution in [1.29, 1.82) is 0 Å². The standard InChI is InChI=1S/C52H101NO8/c1-3-5-7-9-11-13-15-17-19-21-22-23-24-26-28-30-32-34-36-38-40-42-48(56)53-45(44-60-52-51(59)50(58)49(57)47(43-54)61-52)46(55)41-39-37-35-33-31-29-27-25-20-18-16-14-12-10-8-6-4-2/h17,19,45-47,49-52,54-55,57-59H,3-16,18,20-44H2,1-2H3,(H,53,56)/b19-17+/t45-,46+,47-,49-,50?,51?,52-/m0/s1. The molecule has 0 radical (unpaired) electrons. The number of rotatable bonds is 45. The highest BCUT2D eigenvalue weighted by atomic mass is 16.7. The number of ether oxygens (including phenoxy) is 2. The number of hydrogen-bond donors (Lipinski definition) is 6. The number of amides is 1. The Morgan fingerprint density at radius 2 is 0.918 bits per heavy atom. The van der Waals surface area contributed by atoms with Crippen LogP contribution in [0.5, 0.6) is 0 Å². The van der Waals surface area contributed by atoms with Crippen molar-refractivity contribution in [2.45, 2.75) is 301 Å². The van der Waals surface area contributed by atoms with Gasteiger partial charge in [0.15, 0.2) is 6.29 Å². The lowest BCUT2D eigenvalue weighted by Gasteiger charge is -2.40. The molecule has 0 aromatic heterocycles. The Kier molecular flexibility index (Phi) is 40.7. The largest absolute Gasteiger partial charge is 0.394 e. The highest BCUT2D eigenvalue weighted by molar-refractivity contribution is 5.76. The zero-order chi connectivity index (χ0) is 44.4. The Balaban J connectivity index is 2.24. The molecule has 9 nitrogen and oxygen atoms in total. The molecule has 6 N–H and O–H groups in total. The second-order valence-electron chi connectivity index (χ2n) is 18.7. The predicted octanol–water partition coefficient (Wildman–Crippen LogP) is 12.1. The van der Waals surface area contributed by atoms with E-state index in [1.165, 1.54) is 193 Å². The lowest BCUT2D eigenvalue weighted by molar-refractivity contribution is -0.302. The third kappa shape index (κ3) is 33.1. The molecule has 61 heavy (non-hydrogen) atoms. The molecule has 0 aromatic carbocycles. The third-order valence-electron chi connectivity index (χ3n) is 12.9. The van der Waals surface area contributed by atoms with Crippen molar-refractivity contribution in [1.82, 2.24) is 5.32 Å². The van der Waals surface area contributed by atoms with Crippen LogP contribution in [-0.4, -0.2) is 87.5 Å². The molecule has 1 rings (SSSR count). The summed E-state index contributed by atoms with van der Waals surface area (Å²) < 4.78 is 11.3. The second kappa shape index (κ2) is 42.9. The van der Waals surface area contributed by atoms with Gasteiger partial charge in [-0.05, 0) is 38.5 Å². The van der Waals surface area contributed by atoms with E-state index in [0.717, 1.165) is 38.5 Å². The van der Waals surface area contributed by atoms with Crippen LogP contribution in [0.1, 0.15) is 258 Å². The smallest absolute Gasteiger partial charge is 0.220 e. The topological polar surface area (TPSA) is 149 Å². The van der Waals surface area contributed by atoms with Crippen LogP contribution < -0.4 is 5.32 Å². The van der Waals surface area contributed by atoms with Crippen LogP contribution >= 0.6 is 0 Å². The summed E-state index contributed by atoms with van der Waals surface area (Å²) in [5, 5.41) is 54.5. The van der Waals surface area contributed by atoms with E-state index in [9.17, 15) is 30.3 Å². The third-order valence-corrected chi connectivity index (χ3v) is 12.9. The molecule has 0 bridgehead atoms. The number of carbonyl (C=O) groups is 1. The molecule has 0 aliphatic carbocycles. The van der Waals surface area contributed by atoms with E-state index in [0.29, 0.717) is 12.8 Å². The molecule has 0 aromatic rings. The van der Waals surface area contributed by atoms with Crippen LogP contribution in [0.25, 0.3) is 0 Å². The summed E-state index contributed by atoms with van der Waals surface area (Å²) in [7, 11) is 0. The maximum Gasteiger partial charge on any atom is 0.220 e. The Morgan fingerprint density at radius 1 is 0.541 bits per heavy atom. The molecule has 2 unspecified atom stereocenters. The number of nitrogens with one attached hydrogen (secondary N) is 1. The molecule has 9 heteroatoms. The summed E-state index contributed by atoms with van der Waals surface area (Å²) in [6.45, 7) is 3.86. The van der Waals surface area contributed by atoms with E-state index in [2.05, 4.69) is 31.3 Å². The van der Waals surface area contributed by atoms with Gasteiger partial charge in [0.25, 0.3) is 0 Å². The van der Waals surface area contributed by atoms with Crippen LogP contribution in [0.3, 0.4) is 0 Å². The molecule has 0 spiro atoms. The van der Waals surface area contributed by atoms with Crippen molar-refractivity contribution in [2.24, 2.45) is 0 Å². The summed E-state index contributed by atoms with van der Waals surface area (Å²) >= 11 is 0. The number of carbonyl (C=O) groups excluding carboxylic acids is 1. The Hall–Kier alpha value is -1.07. The van der Waals surface area contributed by atoms with Gasteiger partial charge in [-0.3, -0.25) is 4.79 Å². The fourth-order valence-electron chi connectivity index (χ4n) is 8.63. The monoisotopic (exact) mass is 868 g/mol. The average molecular weight is 868 g/mol. The summed E-state index contributed by atoms with van der Waals surface area (Å²) in [5.41, 5.74) is 0. The number of hydrogen-bond acceptors (Lipinski definition) is 8. The van der Waals surface area contributed by atoms with E-state index < -0.39 is 49.5 Å². The Morgan fingerprint density at radius 3 is 1.33 bits per heavy atom. The van der Waals surface area contributed by atoms with E-state index in [-0.39, 0.29) is 12.5 Å². The highest BCUT2D eigenvalue weighted by Gasteiger charge is 2.44. The van der Waals surface area contributed by atoms with Crippen molar-refractivity contribution < 1.29 is 39.8 Å². The van der Waals surface area contributed by atoms with Gasteiger partial charge in [-0.2, -0.15) is 0 Å². The molecule has 1 aliphatic heterocycles. The van der Waals surface area contributed by atoms with Gasteiger partial charge in [0.1, 0.15) is 24.4 Å². The van der Waals surface area contributed by atoms with Crippen molar-refractivity contribution in [3.05, 3.63) is 12.2 Å². The molecule has 1 fully saturated rings. The Bertz CT molecular complexity index is 966. The maximum absolute atomic E-state index is 13.0. The normalized spacial score (nSPS) is 20.4. The number of unbranched alkanes of at least 4 members (excludes halogenated alkanes) is 33. The van der Waals surface area contributed by atoms with E-state index in [1.807, 2.05) is 0 Å². The first kappa shape index (κ1) is 57.9. The van der Waals surface area contributed by atoms with Gasteiger partial charge in [-0.25, -0.2) is 0 Å². The number of aliphatic hydroxyl groups excluding tert-OH is 5. The van der Waals surface area contributed by atoms with Gasteiger partial charge < -0.3 is 40.3 Å². The van der Waals surface area contributed by atoms with Crippen LogP contribution in [0.4, 0.5) is 0 Å². The zero-order valence-electron chi connectivity index (χ0n) is 39.9. The van der Waals surface area contributed by atoms with Gasteiger partial charge in [-0.15, -0.1) is 0 Å². The second-order valence-corrected chi connectivity index (χ2v) is 18.7. The van der Waals surface area contributed by atoms with E-state index in [1.54, 1.807) is 0 Å². The summed E-state index contributed by atoms with van der Waals surface area (Å²) in [4.78, 5) is 13.0. The van der Waals surface area contributed by atoms with Gasteiger partial charge in [0.2, 0.25) is 5.91 Å². The summed E-state index contributed by atoms with van der Waals surface area (Å²) in [5.74, 6) is -0.142. The number of allylic oxidation sites excluding steroid dienone is 2. The molecular weight excluding hydrogens is 767 g/mol. The number of aliphatic hydroxyl groups is 5. The SMILES string of the molecule is CCCCCCCC/C=C/CCCCCCCCCCCCCC(=O)N[C@@H](CO[C@H]1O[C@@H](CO)[C@H](O)C(O)C1O)[C@H](O)CCCCCCCCCCCCCCCCCCC. The first-order valence-corrected chi connectivity index (χ1v) is 26.4. The minimum Gasteiger partial charge on any atom is -0.394 e. The lowest BCUT2D eigenvalue weighted by atomic mass is 9.99. The molecule has 362 valence electrons. The van der Waals surface area contributed by atoms with E-state index >= 15 is 0 Å². The fraction of sp³-hybridized carbons (Fsp3) is 0.942. The van der Waals surface area contributed by atoms with Crippen LogP contribution in [0.15, 0.2) is 12.2 Å². The van der Waals surface area contributed by atoms with Crippen molar-refractivity contribution >= 4 is 5.91 Å². The van der Waals surface area contributed by atoms with Gasteiger partial charge in [0, 0.05) is 6.42 Å². The molecule has 1 aliphatic rings. The van der Waals surface area contributed by atoms with Gasteiger partial charge in [0.05, 0.1) is 25.4 Å². The first-order chi connectivity index (χ1) is 29.8. The summed E-state index contributed by atoms with van der Waals surface area (Å²) in [6, 6.07) is -0.715. The van der Waals surface area contributed by atoms with Crippen molar-refractivity contribution in [3.8, 4) is 0 Å². The quantitative estimate of drug-likeness (QED) is 0.0262. The van der Waals surface area contributed by atoms with Crippen molar-refractivity contribution in [2.75, 3.05) is 13.2 Å². The molecule has 1 heterocycles. The summed E-state index contributed by atoms with van der Waals surface area (Å²) in [6.07, 6.45) is 43.6. The van der Waals surface area contributed by atoms with Gasteiger partial charge in [-0.1, -0.05) is 225 Å².